The van der Waals surface area contributed by atoms with E-state index in [2.05, 4.69) is 5.32 Å². The SMILES string of the molecule is Cc1ccc(NC(=O)COc2ccc(/C=C3\SC(=O)N(Cc4ccccc4Cl)C3=O)cc2)cc1. The number of carbonyl (C=O) groups excluding carboxylic acids is 3. The van der Waals surface area contributed by atoms with Gasteiger partial charge in [-0.3, -0.25) is 19.3 Å². The Morgan fingerprint density at radius 3 is 2.44 bits per heavy atom. The molecule has 34 heavy (non-hydrogen) atoms. The van der Waals surface area contributed by atoms with Crippen LogP contribution >= 0.6 is 23.4 Å². The third-order valence-corrected chi connectivity index (χ3v) is 6.32. The van der Waals surface area contributed by atoms with Gasteiger partial charge >= 0.3 is 0 Å². The molecule has 3 amide bonds. The third-order valence-electron chi connectivity index (χ3n) is 5.04. The molecule has 1 aliphatic heterocycles. The van der Waals surface area contributed by atoms with Gasteiger partial charge in [0.25, 0.3) is 17.1 Å². The van der Waals surface area contributed by atoms with E-state index in [-0.39, 0.29) is 30.2 Å². The highest BCUT2D eigenvalue weighted by Gasteiger charge is 2.35. The fourth-order valence-corrected chi connectivity index (χ4v) is 4.26. The zero-order chi connectivity index (χ0) is 24.1. The molecule has 1 aliphatic rings. The van der Waals surface area contributed by atoms with Crippen molar-refractivity contribution < 1.29 is 19.1 Å². The van der Waals surface area contributed by atoms with Gasteiger partial charge in [0.15, 0.2) is 6.61 Å². The van der Waals surface area contributed by atoms with Crippen molar-refractivity contribution in [1.82, 2.24) is 4.90 Å². The lowest BCUT2D eigenvalue weighted by Crippen LogP contribution is -2.27. The summed E-state index contributed by atoms with van der Waals surface area (Å²) < 4.78 is 5.54. The highest BCUT2D eigenvalue weighted by atomic mass is 35.5. The maximum absolute atomic E-state index is 12.8. The molecule has 0 atom stereocenters. The Labute approximate surface area is 206 Å². The molecule has 1 saturated heterocycles. The van der Waals surface area contributed by atoms with E-state index in [4.69, 9.17) is 16.3 Å². The lowest BCUT2D eigenvalue weighted by molar-refractivity contribution is -0.123. The number of halogens is 1. The number of benzene rings is 3. The molecule has 1 fully saturated rings. The smallest absolute Gasteiger partial charge is 0.293 e. The second-order valence-electron chi connectivity index (χ2n) is 7.63. The van der Waals surface area contributed by atoms with Crippen LogP contribution in [0.3, 0.4) is 0 Å². The summed E-state index contributed by atoms with van der Waals surface area (Å²) in [7, 11) is 0. The minimum Gasteiger partial charge on any atom is -0.484 e. The lowest BCUT2D eigenvalue weighted by atomic mass is 10.2. The molecule has 0 bridgehead atoms. The van der Waals surface area contributed by atoms with Gasteiger partial charge in [0.05, 0.1) is 11.4 Å². The van der Waals surface area contributed by atoms with Crippen LogP contribution in [0.15, 0.2) is 77.7 Å². The van der Waals surface area contributed by atoms with Crippen LogP contribution in [0.2, 0.25) is 5.02 Å². The van der Waals surface area contributed by atoms with E-state index in [1.165, 1.54) is 4.90 Å². The molecular formula is C26H21ClN2O4S. The van der Waals surface area contributed by atoms with E-state index in [1.807, 2.05) is 37.3 Å². The number of imide groups is 1. The van der Waals surface area contributed by atoms with E-state index in [0.717, 1.165) is 22.9 Å². The average Bonchev–Trinajstić information content (AvgIpc) is 3.09. The van der Waals surface area contributed by atoms with Gasteiger partial charge < -0.3 is 10.1 Å². The van der Waals surface area contributed by atoms with Crippen molar-refractivity contribution >= 4 is 52.2 Å². The summed E-state index contributed by atoms with van der Waals surface area (Å²) in [5.41, 5.74) is 3.26. The number of amides is 3. The van der Waals surface area contributed by atoms with Crippen LogP contribution in [0.4, 0.5) is 10.5 Å². The molecular weight excluding hydrogens is 472 g/mol. The predicted molar refractivity (Wildman–Crippen MR) is 135 cm³/mol. The largest absolute Gasteiger partial charge is 0.484 e. The monoisotopic (exact) mass is 492 g/mol. The van der Waals surface area contributed by atoms with Gasteiger partial charge in [-0.05, 0) is 66.2 Å². The van der Waals surface area contributed by atoms with E-state index in [1.54, 1.807) is 48.5 Å². The molecule has 1 N–H and O–H groups in total. The Balaban J connectivity index is 1.34. The van der Waals surface area contributed by atoms with Crippen molar-refractivity contribution in [1.29, 1.82) is 0 Å². The van der Waals surface area contributed by atoms with Gasteiger partial charge in [0.1, 0.15) is 5.75 Å². The fraction of sp³-hybridized carbons (Fsp3) is 0.115. The zero-order valence-corrected chi connectivity index (χ0v) is 19.9. The Bertz CT molecular complexity index is 1260. The number of ether oxygens (including phenoxy) is 1. The topological polar surface area (TPSA) is 75.7 Å². The summed E-state index contributed by atoms with van der Waals surface area (Å²) in [6.45, 7) is 1.97. The van der Waals surface area contributed by atoms with E-state index in [0.29, 0.717) is 26.9 Å². The number of nitrogens with one attached hydrogen (secondary N) is 1. The Morgan fingerprint density at radius 2 is 1.74 bits per heavy atom. The first-order valence-electron chi connectivity index (χ1n) is 10.5. The number of rotatable bonds is 7. The molecule has 0 radical (unpaired) electrons. The second-order valence-corrected chi connectivity index (χ2v) is 9.03. The normalized spacial score (nSPS) is 14.5. The molecule has 172 valence electrons. The molecule has 1 heterocycles. The van der Waals surface area contributed by atoms with Crippen molar-refractivity contribution in [3.05, 3.63) is 99.4 Å². The maximum atomic E-state index is 12.8. The molecule has 6 nitrogen and oxygen atoms in total. The standard InChI is InChI=1S/C26H21ClN2O4S/c1-17-6-10-20(11-7-17)28-24(30)16-33-21-12-8-18(9-13-21)14-23-25(31)29(26(32)34-23)15-19-4-2-3-5-22(19)27/h2-14H,15-16H2,1H3,(H,28,30)/b23-14-. The lowest BCUT2D eigenvalue weighted by Gasteiger charge is -2.13. The summed E-state index contributed by atoms with van der Waals surface area (Å²) in [5.74, 6) is -0.105. The first kappa shape index (κ1) is 23.6. The predicted octanol–water partition coefficient (Wildman–Crippen LogP) is 5.90. The van der Waals surface area contributed by atoms with Gasteiger partial charge in [-0.1, -0.05) is 59.6 Å². The van der Waals surface area contributed by atoms with Crippen molar-refractivity contribution in [2.75, 3.05) is 11.9 Å². The summed E-state index contributed by atoms with van der Waals surface area (Å²) in [6.07, 6.45) is 1.66. The molecule has 3 aromatic carbocycles. The molecule has 0 unspecified atom stereocenters. The number of hydrogen-bond donors (Lipinski definition) is 1. The molecule has 0 spiro atoms. The van der Waals surface area contributed by atoms with Crippen molar-refractivity contribution in [2.45, 2.75) is 13.5 Å². The van der Waals surface area contributed by atoms with Crippen LogP contribution in [0.25, 0.3) is 6.08 Å². The van der Waals surface area contributed by atoms with Gasteiger partial charge in [0, 0.05) is 10.7 Å². The highest BCUT2D eigenvalue weighted by molar-refractivity contribution is 8.18. The van der Waals surface area contributed by atoms with Crippen LogP contribution in [0.1, 0.15) is 16.7 Å². The van der Waals surface area contributed by atoms with Gasteiger partial charge in [0.2, 0.25) is 0 Å². The van der Waals surface area contributed by atoms with Crippen LogP contribution in [0.5, 0.6) is 5.75 Å². The number of nitrogens with zero attached hydrogens (tertiary/aromatic N) is 1. The Kier molecular flexibility index (Phi) is 7.35. The minimum atomic E-state index is -0.358. The van der Waals surface area contributed by atoms with Crippen LogP contribution in [-0.2, 0) is 16.1 Å². The summed E-state index contributed by atoms with van der Waals surface area (Å²) in [5, 5.41) is 2.95. The van der Waals surface area contributed by atoms with Crippen molar-refractivity contribution in [2.24, 2.45) is 0 Å². The summed E-state index contributed by atoms with van der Waals surface area (Å²) in [4.78, 5) is 38.7. The molecule has 3 aromatic rings. The van der Waals surface area contributed by atoms with Crippen LogP contribution < -0.4 is 10.1 Å². The highest BCUT2D eigenvalue weighted by Crippen LogP contribution is 2.34. The Morgan fingerprint density at radius 1 is 1.03 bits per heavy atom. The van der Waals surface area contributed by atoms with Crippen molar-refractivity contribution in [3.63, 3.8) is 0 Å². The quantitative estimate of drug-likeness (QED) is 0.415. The maximum Gasteiger partial charge on any atom is 0.293 e. The average molecular weight is 493 g/mol. The van der Waals surface area contributed by atoms with Crippen molar-refractivity contribution in [3.8, 4) is 5.75 Å². The zero-order valence-electron chi connectivity index (χ0n) is 18.3. The first-order valence-corrected chi connectivity index (χ1v) is 11.7. The molecule has 0 saturated carbocycles. The number of thioether (sulfide) groups is 1. The van der Waals surface area contributed by atoms with Gasteiger partial charge in [-0.25, -0.2) is 0 Å². The molecule has 0 aromatic heterocycles. The number of carbonyl (C=O) groups is 3. The van der Waals surface area contributed by atoms with E-state index >= 15 is 0 Å². The van der Waals surface area contributed by atoms with Crippen LogP contribution in [-0.4, -0.2) is 28.6 Å². The summed E-state index contributed by atoms with van der Waals surface area (Å²) >= 11 is 7.06. The Hall–Kier alpha value is -3.55. The van der Waals surface area contributed by atoms with Gasteiger partial charge in [-0.15, -0.1) is 0 Å². The van der Waals surface area contributed by atoms with Gasteiger partial charge in [-0.2, -0.15) is 0 Å². The fourth-order valence-electron chi connectivity index (χ4n) is 3.23. The third kappa shape index (κ3) is 5.87. The summed E-state index contributed by atoms with van der Waals surface area (Å²) in [6, 6.07) is 21.5. The molecule has 8 heteroatoms. The molecule has 0 aliphatic carbocycles. The number of aryl methyl sites for hydroxylation is 1. The van der Waals surface area contributed by atoms with E-state index < -0.39 is 0 Å². The molecule has 4 rings (SSSR count). The second kappa shape index (κ2) is 10.6. The van der Waals surface area contributed by atoms with Crippen LogP contribution in [0, 0.1) is 6.92 Å². The minimum absolute atomic E-state index is 0.124. The number of hydrogen-bond acceptors (Lipinski definition) is 5. The first-order chi connectivity index (χ1) is 16.4. The van der Waals surface area contributed by atoms with E-state index in [9.17, 15) is 14.4 Å². The number of anilines is 1.